The van der Waals surface area contributed by atoms with E-state index in [-0.39, 0.29) is 23.8 Å². The Morgan fingerprint density at radius 3 is 2.23 bits per heavy atom. The summed E-state index contributed by atoms with van der Waals surface area (Å²) in [7, 11) is -3.59. The number of anilines is 1. The Hall–Kier alpha value is -2.18. The van der Waals surface area contributed by atoms with Gasteiger partial charge in [0.2, 0.25) is 15.9 Å². The van der Waals surface area contributed by atoms with Crippen molar-refractivity contribution in [3.8, 4) is 0 Å². The Balaban J connectivity index is 1.84. The summed E-state index contributed by atoms with van der Waals surface area (Å²) < 4.78 is 26.8. The van der Waals surface area contributed by atoms with Gasteiger partial charge in [0, 0.05) is 18.7 Å². The fraction of sp³-hybridized carbons (Fsp3) is 0.350. The second kappa shape index (κ2) is 8.96. The van der Waals surface area contributed by atoms with Crippen molar-refractivity contribution >= 4 is 21.6 Å². The molecule has 0 fully saturated rings. The molecular formula is C20H26N2O3S. The Bertz CT molecular complexity index is 828. The molecule has 0 radical (unpaired) electrons. The van der Waals surface area contributed by atoms with E-state index in [2.05, 4.69) is 23.9 Å². The molecule has 5 nitrogen and oxygen atoms in total. The summed E-state index contributed by atoms with van der Waals surface area (Å²) >= 11 is 0. The highest BCUT2D eigenvalue weighted by molar-refractivity contribution is 7.89. The van der Waals surface area contributed by atoms with Gasteiger partial charge in [0.15, 0.2) is 0 Å². The molecule has 0 heterocycles. The number of carbonyl (C=O) groups excluding carboxylic acids is 1. The highest BCUT2D eigenvalue weighted by Crippen LogP contribution is 2.20. The molecule has 0 aliphatic carbocycles. The molecule has 0 saturated heterocycles. The third kappa shape index (κ3) is 5.68. The van der Waals surface area contributed by atoms with Crippen molar-refractivity contribution < 1.29 is 13.2 Å². The third-order valence-electron chi connectivity index (χ3n) is 4.35. The lowest BCUT2D eigenvalue weighted by atomic mass is 9.99. The fourth-order valence-electron chi connectivity index (χ4n) is 2.45. The van der Waals surface area contributed by atoms with Crippen molar-refractivity contribution in [2.45, 2.75) is 44.4 Å². The monoisotopic (exact) mass is 374 g/mol. The minimum absolute atomic E-state index is 0.0486. The first-order valence-corrected chi connectivity index (χ1v) is 10.3. The maximum atomic E-state index is 12.2. The number of rotatable bonds is 8. The number of hydrogen-bond acceptors (Lipinski definition) is 3. The smallest absolute Gasteiger partial charge is 0.240 e. The average molecular weight is 375 g/mol. The summed E-state index contributed by atoms with van der Waals surface area (Å²) in [5, 5.41) is 2.79. The van der Waals surface area contributed by atoms with E-state index in [1.165, 1.54) is 5.56 Å². The Morgan fingerprint density at radius 1 is 1.04 bits per heavy atom. The first-order chi connectivity index (χ1) is 12.3. The standard InChI is InChI=1S/C20H26N2O3S/c1-4-16(3)17-7-9-18(10-8-17)22-20(23)13-14-21-26(24,25)19-11-5-15(2)6-12-19/h5-12,16,21H,4,13-14H2,1-3H3,(H,22,23). The van der Waals surface area contributed by atoms with Crippen LogP contribution in [0.3, 0.4) is 0 Å². The second-order valence-corrected chi connectivity index (χ2v) is 8.21. The van der Waals surface area contributed by atoms with Crippen molar-refractivity contribution in [3.63, 3.8) is 0 Å². The molecule has 0 saturated carbocycles. The number of nitrogens with one attached hydrogen (secondary N) is 2. The van der Waals surface area contributed by atoms with Gasteiger partial charge in [0.1, 0.15) is 0 Å². The van der Waals surface area contributed by atoms with Crippen LogP contribution in [0.2, 0.25) is 0 Å². The molecule has 0 bridgehead atoms. The molecule has 6 heteroatoms. The molecule has 2 aromatic carbocycles. The molecule has 1 unspecified atom stereocenters. The predicted molar refractivity (Wildman–Crippen MR) is 105 cm³/mol. The molecule has 140 valence electrons. The van der Waals surface area contributed by atoms with Crippen LogP contribution in [0.15, 0.2) is 53.4 Å². The highest BCUT2D eigenvalue weighted by atomic mass is 32.2. The molecule has 2 N–H and O–H groups in total. The van der Waals surface area contributed by atoms with Crippen molar-refractivity contribution in [3.05, 3.63) is 59.7 Å². The minimum atomic E-state index is -3.59. The van der Waals surface area contributed by atoms with Crippen LogP contribution >= 0.6 is 0 Å². The van der Waals surface area contributed by atoms with Crippen molar-refractivity contribution in [2.24, 2.45) is 0 Å². The summed E-state index contributed by atoms with van der Waals surface area (Å²) in [5.41, 5.74) is 2.93. The molecule has 1 atom stereocenters. The van der Waals surface area contributed by atoms with Crippen LogP contribution in [0.4, 0.5) is 5.69 Å². The number of sulfonamides is 1. The lowest BCUT2D eigenvalue weighted by Gasteiger charge is -2.11. The molecule has 1 amide bonds. The topological polar surface area (TPSA) is 75.3 Å². The van der Waals surface area contributed by atoms with Crippen LogP contribution in [-0.2, 0) is 14.8 Å². The number of carbonyl (C=O) groups is 1. The fourth-order valence-corrected chi connectivity index (χ4v) is 3.49. The molecule has 0 aromatic heterocycles. The summed E-state index contributed by atoms with van der Waals surface area (Å²) in [6.45, 7) is 6.24. The quantitative estimate of drug-likeness (QED) is 0.738. The van der Waals surface area contributed by atoms with Crippen LogP contribution in [0.5, 0.6) is 0 Å². The second-order valence-electron chi connectivity index (χ2n) is 6.44. The molecule has 0 aliphatic rings. The SMILES string of the molecule is CCC(C)c1ccc(NC(=O)CCNS(=O)(=O)c2ccc(C)cc2)cc1. The molecular weight excluding hydrogens is 348 g/mol. The maximum absolute atomic E-state index is 12.2. The Kier molecular flexibility index (Phi) is 6.94. The summed E-state index contributed by atoms with van der Waals surface area (Å²) in [5.74, 6) is 0.254. The maximum Gasteiger partial charge on any atom is 0.240 e. The van der Waals surface area contributed by atoms with Gasteiger partial charge in [0.25, 0.3) is 0 Å². The van der Waals surface area contributed by atoms with Gasteiger partial charge < -0.3 is 5.32 Å². The molecule has 0 aliphatic heterocycles. The van der Waals surface area contributed by atoms with Gasteiger partial charge in [-0.05, 0) is 49.1 Å². The van der Waals surface area contributed by atoms with E-state index >= 15 is 0 Å². The summed E-state index contributed by atoms with van der Waals surface area (Å²) in [4.78, 5) is 12.2. The number of amides is 1. The van der Waals surface area contributed by atoms with Crippen LogP contribution < -0.4 is 10.0 Å². The van der Waals surface area contributed by atoms with Crippen LogP contribution in [-0.4, -0.2) is 20.9 Å². The van der Waals surface area contributed by atoms with Crippen molar-refractivity contribution in [1.82, 2.24) is 4.72 Å². The lowest BCUT2D eigenvalue weighted by molar-refractivity contribution is -0.116. The van der Waals surface area contributed by atoms with E-state index in [0.717, 1.165) is 12.0 Å². The van der Waals surface area contributed by atoms with E-state index in [0.29, 0.717) is 11.6 Å². The van der Waals surface area contributed by atoms with Crippen molar-refractivity contribution in [2.75, 3.05) is 11.9 Å². The third-order valence-corrected chi connectivity index (χ3v) is 5.83. The van der Waals surface area contributed by atoms with Crippen LogP contribution in [0.1, 0.15) is 43.7 Å². The van der Waals surface area contributed by atoms with E-state index in [9.17, 15) is 13.2 Å². The largest absolute Gasteiger partial charge is 0.326 e. The molecule has 26 heavy (non-hydrogen) atoms. The van der Waals surface area contributed by atoms with E-state index < -0.39 is 10.0 Å². The van der Waals surface area contributed by atoms with Gasteiger partial charge >= 0.3 is 0 Å². The lowest BCUT2D eigenvalue weighted by Crippen LogP contribution is -2.27. The predicted octanol–water partition coefficient (Wildman–Crippen LogP) is 3.82. The van der Waals surface area contributed by atoms with E-state index in [1.54, 1.807) is 24.3 Å². The van der Waals surface area contributed by atoms with Gasteiger partial charge in [-0.3, -0.25) is 4.79 Å². The van der Waals surface area contributed by atoms with Crippen LogP contribution in [0, 0.1) is 6.92 Å². The number of hydrogen-bond donors (Lipinski definition) is 2. The van der Waals surface area contributed by atoms with Gasteiger partial charge in [-0.1, -0.05) is 43.7 Å². The first-order valence-electron chi connectivity index (χ1n) is 8.78. The zero-order chi connectivity index (χ0) is 19.2. The van der Waals surface area contributed by atoms with E-state index in [4.69, 9.17) is 0 Å². The zero-order valence-corrected chi connectivity index (χ0v) is 16.3. The number of benzene rings is 2. The number of aryl methyl sites for hydroxylation is 1. The Morgan fingerprint density at radius 2 is 1.65 bits per heavy atom. The average Bonchev–Trinajstić information content (AvgIpc) is 2.62. The normalized spacial score (nSPS) is 12.6. The van der Waals surface area contributed by atoms with Crippen molar-refractivity contribution in [1.29, 1.82) is 0 Å². The van der Waals surface area contributed by atoms with Gasteiger partial charge in [-0.15, -0.1) is 0 Å². The molecule has 2 rings (SSSR count). The minimum Gasteiger partial charge on any atom is -0.326 e. The summed E-state index contributed by atoms with van der Waals surface area (Å²) in [6.07, 6.45) is 1.13. The molecule has 0 spiro atoms. The summed E-state index contributed by atoms with van der Waals surface area (Å²) in [6, 6.07) is 14.3. The van der Waals surface area contributed by atoms with Crippen LogP contribution in [0.25, 0.3) is 0 Å². The Labute approximate surface area is 155 Å². The highest BCUT2D eigenvalue weighted by Gasteiger charge is 2.14. The molecule has 2 aromatic rings. The van der Waals surface area contributed by atoms with Gasteiger partial charge in [-0.2, -0.15) is 0 Å². The van der Waals surface area contributed by atoms with Gasteiger partial charge in [-0.25, -0.2) is 13.1 Å². The van der Waals surface area contributed by atoms with E-state index in [1.807, 2.05) is 31.2 Å². The van der Waals surface area contributed by atoms with Gasteiger partial charge in [0.05, 0.1) is 4.90 Å². The first kappa shape index (κ1) is 20.1. The zero-order valence-electron chi connectivity index (χ0n) is 15.5.